The van der Waals surface area contributed by atoms with Gasteiger partial charge in [0.1, 0.15) is 5.75 Å². The molecule has 0 aliphatic rings. The molecule has 114 valence electrons. The van der Waals surface area contributed by atoms with Crippen LogP contribution in [0.4, 0.5) is 0 Å². The quantitative estimate of drug-likeness (QED) is 0.560. The molecular formula is C17H18N2O2S. The standard InChI is InChI=1S/C17H18N2O2S/c1-19-14(12-20)11-18-17(19)22-10-9-21-16-8-4-6-13-5-2-3-7-15(13)16/h2-8,11,20H,9-10,12H2,1H3. The SMILES string of the molecule is Cn1c(CO)cnc1SCCOc1cccc2ccccc12. The summed E-state index contributed by atoms with van der Waals surface area (Å²) in [6, 6.07) is 14.3. The van der Waals surface area contributed by atoms with Gasteiger partial charge in [-0.2, -0.15) is 0 Å². The Morgan fingerprint density at radius 2 is 2.00 bits per heavy atom. The van der Waals surface area contributed by atoms with Gasteiger partial charge in [-0.1, -0.05) is 48.2 Å². The minimum absolute atomic E-state index is 0.0105. The molecule has 0 unspecified atom stereocenters. The van der Waals surface area contributed by atoms with E-state index in [1.807, 2.05) is 35.9 Å². The molecule has 0 fully saturated rings. The van der Waals surface area contributed by atoms with Crippen LogP contribution in [-0.4, -0.2) is 27.0 Å². The molecule has 0 aliphatic carbocycles. The van der Waals surface area contributed by atoms with Crippen molar-refractivity contribution in [3.05, 3.63) is 54.4 Å². The molecule has 0 saturated carbocycles. The van der Waals surface area contributed by atoms with Crippen molar-refractivity contribution in [2.45, 2.75) is 11.8 Å². The second-order valence-electron chi connectivity index (χ2n) is 4.92. The Labute approximate surface area is 133 Å². The number of fused-ring (bicyclic) bond motifs is 1. The van der Waals surface area contributed by atoms with Crippen molar-refractivity contribution in [2.75, 3.05) is 12.4 Å². The number of hydrogen-bond donors (Lipinski definition) is 1. The number of aliphatic hydroxyl groups excluding tert-OH is 1. The fraction of sp³-hybridized carbons (Fsp3) is 0.235. The Balaban J connectivity index is 1.59. The van der Waals surface area contributed by atoms with Crippen molar-refractivity contribution in [3.63, 3.8) is 0 Å². The van der Waals surface area contributed by atoms with Crippen LogP contribution in [0.3, 0.4) is 0 Å². The third kappa shape index (κ3) is 3.10. The van der Waals surface area contributed by atoms with Crippen molar-refractivity contribution in [3.8, 4) is 5.75 Å². The maximum Gasteiger partial charge on any atom is 0.168 e. The van der Waals surface area contributed by atoms with Crippen LogP contribution in [0.25, 0.3) is 10.8 Å². The Bertz CT molecular complexity index is 765. The summed E-state index contributed by atoms with van der Waals surface area (Å²) in [6.07, 6.45) is 1.70. The average molecular weight is 314 g/mol. The van der Waals surface area contributed by atoms with Gasteiger partial charge in [0.2, 0.25) is 0 Å². The molecule has 0 bridgehead atoms. The zero-order valence-electron chi connectivity index (χ0n) is 12.4. The fourth-order valence-electron chi connectivity index (χ4n) is 2.31. The number of rotatable bonds is 6. The van der Waals surface area contributed by atoms with E-state index in [9.17, 15) is 0 Å². The molecule has 3 rings (SSSR count). The maximum atomic E-state index is 9.16. The number of hydrogen-bond acceptors (Lipinski definition) is 4. The third-order valence-electron chi connectivity index (χ3n) is 3.53. The molecule has 1 aromatic heterocycles. The predicted octanol–water partition coefficient (Wildman–Crippen LogP) is 3.24. The van der Waals surface area contributed by atoms with Gasteiger partial charge < -0.3 is 14.4 Å². The highest BCUT2D eigenvalue weighted by molar-refractivity contribution is 7.99. The van der Waals surface area contributed by atoms with Gasteiger partial charge in [-0.15, -0.1) is 0 Å². The number of imidazole rings is 1. The molecule has 0 spiro atoms. The van der Waals surface area contributed by atoms with Crippen molar-refractivity contribution in [2.24, 2.45) is 7.05 Å². The maximum absolute atomic E-state index is 9.16. The van der Waals surface area contributed by atoms with Gasteiger partial charge in [-0.05, 0) is 11.5 Å². The minimum Gasteiger partial charge on any atom is -0.492 e. The molecule has 3 aromatic rings. The second-order valence-corrected chi connectivity index (χ2v) is 5.99. The summed E-state index contributed by atoms with van der Waals surface area (Å²) in [5.74, 6) is 1.72. The van der Waals surface area contributed by atoms with Crippen molar-refractivity contribution in [1.82, 2.24) is 9.55 Å². The Morgan fingerprint density at radius 1 is 1.18 bits per heavy atom. The first-order valence-corrected chi connectivity index (χ1v) is 8.13. The van der Waals surface area contributed by atoms with Crippen LogP contribution in [0.15, 0.2) is 53.8 Å². The number of ether oxygens (including phenoxy) is 1. The minimum atomic E-state index is 0.0105. The fourth-order valence-corrected chi connectivity index (χ4v) is 3.10. The lowest BCUT2D eigenvalue weighted by atomic mass is 10.1. The molecule has 0 saturated heterocycles. The normalized spacial score (nSPS) is 11.0. The van der Waals surface area contributed by atoms with Crippen molar-refractivity contribution in [1.29, 1.82) is 0 Å². The first-order valence-electron chi connectivity index (χ1n) is 7.14. The van der Waals surface area contributed by atoms with Crippen molar-refractivity contribution >= 4 is 22.5 Å². The second kappa shape index (κ2) is 6.85. The van der Waals surface area contributed by atoms with Gasteiger partial charge >= 0.3 is 0 Å². The van der Waals surface area contributed by atoms with E-state index in [-0.39, 0.29) is 6.61 Å². The Morgan fingerprint density at radius 3 is 2.82 bits per heavy atom. The van der Waals surface area contributed by atoms with Crippen LogP contribution in [0.5, 0.6) is 5.75 Å². The first-order chi connectivity index (χ1) is 10.8. The van der Waals surface area contributed by atoms with Gasteiger partial charge in [0.25, 0.3) is 0 Å². The van der Waals surface area contributed by atoms with Crippen molar-refractivity contribution < 1.29 is 9.84 Å². The van der Waals surface area contributed by atoms with E-state index >= 15 is 0 Å². The summed E-state index contributed by atoms with van der Waals surface area (Å²) >= 11 is 1.62. The number of aliphatic hydroxyl groups is 1. The molecule has 1 N–H and O–H groups in total. The molecule has 5 heteroatoms. The van der Waals surface area contributed by atoms with Gasteiger partial charge in [-0.25, -0.2) is 4.98 Å². The smallest absolute Gasteiger partial charge is 0.168 e. The van der Waals surface area contributed by atoms with E-state index in [0.29, 0.717) is 6.61 Å². The molecule has 4 nitrogen and oxygen atoms in total. The summed E-state index contributed by atoms with van der Waals surface area (Å²) in [4.78, 5) is 4.29. The van der Waals surface area contributed by atoms with E-state index < -0.39 is 0 Å². The van der Waals surface area contributed by atoms with Gasteiger partial charge in [0, 0.05) is 18.2 Å². The summed E-state index contributed by atoms with van der Waals surface area (Å²) in [5, 5.41) is 12.4. The average Bonchev–Trinajstić information content (AvgIpc) is 2.92. The van der Waals surface area contributed by atoms with Crippen LogP contribution in [0.1, 0.15) is 5.69 Å². The van der Waals surface area contributed by atoms with Crippen LogP contribution in [0.2, 0.25) is 0 Å². The van der Waals surface area contributed by atoms with E-state index in [1.165, 1.54) is 5.39 Å². The van der Waals surface area contributed by atoms with E-state index in [1.54, 1.807) is 18.0 Å². The summed E-state index contributed by atoms with van der Waals surface area (Å²) < 4.78 is 7.81. The van der Waals surface area contributed by atoms with E-state index in [0.717, 1.165) is 27.7 Å². The lowest BCUT2D eigenvalue weighted by Gasteiger charge is -2.09. The molecule has 0 radical (unpaired) electrons. The van der Waals surface area contributed by atoms with E-state index in [4.69, 9.17) is 9.84 Å². The molecule has 22 heavy (non-hydrogen) atoms. The highest BCUT2D eigenvalue weighted by atomic mass is 32.2. The predicted molar refractivity (Wildman–Crippen MR) is 89.3 cm³/mol. The zero-order chi connectivity index (χ0) is 15.4. The van der Waals surface area contributed by atoms with Gasteiger partial charge in [0.15, 0.2) is 5.16 Å². The highest BCUT2D eigenvalue weighted by Crippen LogP contribution is 2.25. The topological polar surface area (TPSA) is 47.3 Å². The van der Waals surface area contributed by atoms with Crippen LogP contribution in [-0.2, 0) is 13.7 Å². The molecule has 0 aliphatic heterocycles. The first kappa shape index (κ1) is 14.9. The molecule has 1 heterocycles. The third-order valence-corrected chi connectivity index (χ3v) is 4.53. The molecule has 0 amide bonds. The largest absolute Gasteiger partial charge is 0.492 e. The van der Waals surface area contributed by atoms with Crippen LogP contribution in [0, 0.1) is 0 Å². The molecule has 2 aromatic carbocycles. The van der Waals surface area contributed by atoms with Gasteiger partial charge in [-0.3, -0.25) is 0 Å². The van der Waals surface area contributed by atoms with Gasteiger partial charge in [0.05, 0.1) is 25.1 Å². The number of nitrogens with zero attached hydrogens (tertiary/aromatic N) is 2. The lowest BCUT2D eigenvalue weighted by Crippen LogP contribution is -2.03. The summed E-state index contributed by atoms with van der Waals surface area (Å²) in [7, 11) is 1.91. The molecular weight excluding hydrogens is 296 g/mol. The zero-order valence-corrected chi connectivity index (χ0v) is 13.2. The monoisotopic (exact) mass is 314 g/mol. The number of benzene rings is 2. The highest BCUT2D eigenvalue weighted by Gasteiger charge is 2.06. The van der Waals surface area contributed by atoms with Crippen LogP contribution >= 0.6 is 11.8 Å². The number of aromatic nitrogens is 2. The number of thioether (sulfide) groups is 1. The summed E-state index contributed by atoms with van der Waals surface area (Å²) in [6.45, 7) is 0.622. The van der Waals surface area contributed by atoms with Crippen LogP contribution < -0.4 is 4.74 Å². The Hall–Kier alpha value is -1.98. The Kier molecular flexibility index (Phi) is 4.65. The molecule has 0 atom stereocenters. The van der Waals surface area contributed by atoms with E-state index in [2.05, 4.69) is 23.2 Å². The summed E-state index contributed by atoms with van der Waals surface area (Å²) in [5.41, 5.74) is 0.817. The lowest BCUT2D eigenvalue weighted by molar-refractivity contribution is 0.271.